The maximum Gasteiger partial charge on any atom is 0.326 e. The van der Waals surface area contributed by atoms with Crippen LogP contribution in [0.2, 0.25) is 0 Å². The Kier molecular flexibility index (Phi) is 6.10. The topological polar surface area (TPSA) is 110 Å². The van der Waals surface area contributed by atoms with Gasteiger partial charge in [-0.25, -0.2) is 4.79 Å². The second kappa shape index (κ2) is 7.58. The van der Waals surface area contributed by atoms with Gasteiger partial charge in [-0.1, -0.05) is 0 Å². The zero-order valence-electron chi connectivity index (χ0n) is 11.0. The van der Waals surface area contributed by atoms with Crippen molar-refractivity contribution in [3.05, 3.63) is 39.7 Å². The minimum atomic E-state index is -1.20. The smallest absolute Gasteiger partial charge is 0.326 e. The van der Waals surface area contributed by atoms with Gasteiger partial charge >= 0.3 is 11.7 Å². The number of carboxylic acid groups (broad SMARTS) is 1. The molecule has 0 aliphatic rings. The highest BCUT2D eigenvalue weighted by Crippen LogP contribution is 2.18. The summed E-state index contributed by atoms with van der Waals surface area (Å²) in [6.07, 6.45) is 2.01. The second-order valence-electron chi connectivity index (χ2n) is 4.07. The highest BCUT2D eigenvalue weighted by Gasteiger charge is 2.22. The van der Waals surface area contributed by atoms with E-state index in [1.807, 2.05) is 0 Å². The number of benzene rings is 1. The predicted molar refractivity (Wildman–Crippen MR) is 74.9 cm³/mol. The fourth-order valence-corrected chi connectivity index (χ4v) is 2.00. The lowest BCUT2D eigenvalue weighted by Crippen LogP contribution is -2.41. The van der Waals surface area contributed by atoms with Crippen molar-refractivity contribution in [1.82, 2.24) is 5.32 Å². The molecule has 2 N–H and O–H groups in total. The number of carbonyl (C=O) groups is 2. The van der Waals surface area contributed by atoms with Crippen LogP contribution >= 0.6 is 11.8 Å². The molecule has 1 aromatic rings. The summed E-state index contributed by atoms with van der Waals surface area (Å²) in [4.78, 5) is 32.5. The van der Waals surface area contributed by atoms with Gasteiger partial charge in [0, 0.05) is 11.6 Å². The number of hydrogen-bond acceptors (Lipinski definition) is 5. The monoisotopic (exact) mass is 316 g/mol. The highest BCUT2D eigenvalue weighted by atomic mass is 32.2. The number of nitrogens with one attached hydrogen (secondary N) is 1. The van der Waals surface area contributed by atoms with Gasteiger partial charge in [-0.2, -0.15) is 16.2 Å². The molecule has 0 aliphatic carbocycles. The van der Waals surface area contributed by atoms with E-state index in [4.69, 9.17) is 5.11 Å². The van der Waals surface area contributed by atoms with Gasteiger partial charge in [-0.3, -0.25) is 14.9 Å². The third-order valence-electron chi connectivity index (χ3n) is 2.62. The number of thioether (sulfide) groups is 1. The fourth-order valence-electron chi connectivity index (χ4n) is 1.53. The molecule has 21 heavy (non-hydrogen) atoms. The number of nitro groups is 1. The number of hydrogen-bond donors (Lipinski definition) is 2. The van der Waals surface area contributed by atoms with Crippen LogP contribution in [0.5, 0.6) is 0 Å². The maximum absolute atomic E-state index is 13.2. The van der Waals surface area contributed by atoms with E-state index >= 15 is 0 Å². The van der Waals surface area contributed by atoms with Crippen LogP contribution in [0.4, 0.5) is 10.1 Å². The first kappa shape index (κ1) is 16.9. The summed E-state index contributed by atoms with van der Waals surface area (Å²) in [5, 5.41) is 21.9. The van der Waals surface area contributed by atoms with E-state index in [9.17, 15) is 24.1 Å². The molecule has 0 bridgehead atoms. The molecule has 1 amide bonds. The third-order valence-corrected chi connectivity index (χ3v) is 3.26. The number of aliphatic carboxylic acids is 1. The Balaban J connectivity index is 2.90. The van der Waals surface area contributed by atoms with Crippen LogP contribution in [-0.2, 0) is 4.79 Å². The Morgan fingerprint density at radius 1 is 1.52 bits per heavy atom. The zero-order chi connectivity index (χ0) is 16.0. The summed E-state index contributed by atoms with van der Waals surface area (Å²) in [5.41, 5.74) is -1.00. The van der Waals surface area contributed by atoms with Crippen molar-refractivity contribution in [1.29, 1.82) is 0 Å². The van der Waals surface area contributed by atoms with Crippen molar-refractivity contribution in [2.75, 3.05) is 12.0 Å². The van der Waals surface area contributed by atoms with Crippen molar-refractivity contribution in [3.63, 3.8) is 0 Å². The number of rotatable bonds is 7. The van der Waals surface area contributed by atoms with Crippen molar-refractivity contribution < 1.29 is 24.0 Å². The molecule has 0 fully saturated rings. The first-order valence-corrected chi connectivity index (χ1v) is 7.22. The van der Waals surface area contributed by atoms with Crippen LogP contribution in [0.25, 0.3) is 0 Å². The van der Waals surface area contributed by atoms with E-state index in [0.717, 1.165) is 18.2 Å². The molecule has 1 rings (SSSR count). The van der Waals surface area contributed by atoms with Gasteiger partial charge < -0.3 is 10.4 Å². The van der Waals surface area contributed by atoms with Crippen LogP contribution in [0.15, 0.2) is 18.2 Å². The van der Waals surface area contributed by atoms with Gasteiger partial charge in [0.25, 0.3) is 5.91 Å². The Bertz CT molecular complexity index is 567. The highest BCUT2D eigenvalue weighted by molar-refractivity contribution is 7.98. The summed E-state index contributed by atoms with van der Waals surface area (Å²) < 4.78 is 13.2. The number of nitro benzene ring substituents is 1. The second-order valence-corrected chi connectivity index (χ2v) is 5.05. The van der Waals surface area contributed by atoms with Gasteiger partial charge in [-0.15, -0.1) is 0 Å². The average molecular weight is 316 g/mol. The molecule has 0 unspecified atom stereocenters. The van der Waals surface area contributed by atoms with Crippen molar-refractivity contribution in [2.45, 2.75) is 12.5 Å². The van der Waals surface area contributed by atoms with Crippen LogP contribution in [-0.4, -0.2) is 40.0 Å². The lowest BCUT2D eigenvalue weighted by Gasteiger charge is -2.13. The van der Waals surface area contributed by atoms with E-state index < -0.39 is 34.3 Å². The Morgan fingerprint density at radius 3 is 2.71 bits per heavy atom. The first-order chi connectivity index (χ1) is 9.86. The van der Waals surface area contributed by atoms with Crippen LogP contribution < -0.4 is 5.32 Å². The lowest BCUT2D eigenvalue weighted by molar-refractivity contribution is -0.387. The predicted octanol–water partition coefficient (Wildman–Crippen LogP) is 1.67. The number of nitrogens with zero attached hydrogens (tertiary/aromatic N) is 1. The summed E-state index contributed by atoms with van der Waals surface area (Å²) in [6.45, 7) is 0. The van der Waals surface area contributed by atoms with Crippen molar-refractivity contribution in [3.8, 4) is 0 Å². The Labute approximate surface area is 123 Å². The van der Waals surface area contributed by atoms with E-state index in [2.05, 4.69) is 5.32 Å². The van der Waals surface area contributed by atoms with Gasteiger partial charge in [0.1, 0.15) is 6.04 Å². The quantitative estimate of drug-likeness (QED) is 0.585. The third kappa shape index (κ3) is 4.71. The summed E-state index contributed by atoms with van der Waals surface area (Å²) in [5.74, 6) is -2.53. The van der Waals surface area contributed by atoms with Crippen LogP contribution in [0, 0.1) is 15.9 Å². The maximum atomic E-state index is 13.2. The first-order valence-electron chi connectivity index (χ1n) is 5.83. The molecule has 0 aromatic heterocycles. The molecule has 0 aliphatic heterocycles. The van der Waals surface area contributed by atoms with E-state index in [-0.39, 0.29) is 12.0 Å². The minimum absolute atomic E-state index is 0.168. The molecule has 0 saturated heterocycles. The molecule has 114 valence electrons. The van der Waals surface area contributed by atoms with Gasteiger partial charge in [-0.05, 0) is 30.6 Å². The molecule has 9 heteroatoms. The standard InChI is InChI=1S/C12H13FN2O5S/c1-21-5-4-9(12(17)18)14-11(16)7-2-3-8(13)10(6-7)15(19)20/h2-3,6,9H,4-5H2,1H3,(H,14,16)(H,17,18)/t9-/m0/s1. The number of carboxylic acids is 1. The van der Waals surface area contributed by atoms with Gasteiger partial charge in [0.15, 0.2) is 0 Å². The summed E-state index contributed by atoms with van der Waals surface area (Å²) in [6, 6.07) is 1.53. The van der Waals surface area contributed by atoms with E-state index in [0.29, 0.717) is 5.75 Å². The Hall–Kier alpha value is -2.16. The minimum Gasteiger partial charge on any atom is -0.480 e. The molecule has 1 aromatic carbocycles. The van der Waals surface area contributed by atoms with Crippen molar-refractivity contribution >= 4 is 29.3 Å². The summed E-state index contributed by atoms with van der Waals surface area (Å²) >= 11 is 1.43. The molecule has 0 saturated carbocycles. The molecular formula is C12H13FN2O5S. The van der Waals surface area contributed by atoms with Crippen molar-refractivity contribution in [2.24, 2.45) is 0 Å². The van der Waals surface area contributed by atoms with E-state index in [1.54, 1.807) is 6.26 Å². The van der Waals surface area contributed by atoms with Gasteiger partial charge in [0.2, 0.25) is 5.82 Å². The summed E-state index contributed by atoms with van der Waals surface area (Å²) in [7, 11) is 0. The molecule has 0 heterocycles. The molecule has 0 radical (unpaired) electrons. The number of amides is 1. The molecule has 0 spiro atoms. The normalized spacial score (nSPS) is 11.7. The number of carbonyl (C=O) groups excluding carboxylic acids is 1. The fraction of sp³-hybridized carbons (Fsp3) is 0.333. The molecule has 1 atom stereocenters. The lowest BCUT2D eigenvalue weighted by atomic mass is 10.1. The van der Waals surface area contributed by atoms with E-state index in [1.165, 1.54) is 11.8 Å². The zero-order valence-corrected chi connectivity index (χ0v) is 11.9. The molecule has 7 nitrogen and oxygen atoms in total. The van der Waals surface area contributed by atoms with Gasteiger partial charge in [0.05, 0.1) is 4.92 Å². The number of halogens is 1. The Morgan fingerprint density at radius 2 is 2.19 bits per heavy atom. The largest absolute Gasteiger partial charge is 0.480 e. The van der Waals surface area contributed by atoms with Crippen LogP contribution in [0.1, 0.15) is 16.8 Å². The average Bonchev–Trinajstić information content (AvgIpc) is 2.42. The van der Waals surface area contributed by atoms with Crippen LogP contribution in [0.3, 0.4) is 0 Å². The SMILES string of the molecule is CSCC[C@H](NC(=O)c1ccc(F)c([N+](=O)[O-])c1)C(=O)O. The molecular weight excluding hydrogens is 303 g/mol.